The smallest absolute Gasteiger partial charge is 0.201 e. The van der Waals surface area contributed by atoms with E-state index in [1.54, 1.807) is 60.7 Å². The Hall–Kier alpha value is -4.32. The minimum absolute atomic E-state index is 0.0846. The van der Waals surface area contributed by atoms with Gasteiger partial charge in [-0.05, 0) is 54.3 Å². The van der Waals surface area contributed by atoms with E-state index in [2.05, 4.69) is 6.58 Å². The van der Waals surface area contributed by atoms with Crippen molar-refractivity contribution in [1.82, 2.24) is 0 Å². The molecule has 0 unspecified atom stereocenters. The second kappa shape index (κ2) is 12.3. The molecule has 0 heterocycles. The van der Waals surface area contributed by atoms with Crippen LogP contribution in [-0.2, 0) is 0 Å². The zero-order valence-corrected chi connectivity index (χ0v) is 20.8. The third-order valence-corrected chi connectivity index (χ3v) is 5.89. The number of ether oxygens (including phenoxy) is 2. The van der Waals surface area contributed by atoms with Crippen LogP contribution in [0.4, 0.5) is 17.6 Å². The van der Waals surface area contributed by atoms with Gasteiger partial charge in [0.2, 0.25) is 5.82 Å². The number of halogens is 4. The van der Waals surface area contributed by atoms with E-state index in [-0.39, 0.29) is 29.0 Å². The van der Waals surface area contributed by atoms with Crippen LogP contribution >= 0.6 is 0 Å². The van der Waals surface area contributed by atoms with Crippen LogP contribution in [-0.4, -0.2) is 13.2 Å². The van der Waals surface area contributed by atoms with Crippen molar-refractivity contribution in [3.05, 3.63) is 120 Å². The lowest BCUT2D eigenvalue weighted by atomic mass is 10.0. The molecule has 0 fully saturated rings. The van der Waals surface area contributed by atoms with Crippen LogP contribution in [0.15, 0.2) is 85.5 Å². The van der Waals surface area contributed by atoms with Crippen molar-refractivity contribution in [2.24, 2.45) is 0 Å². The molecule has 0 N–H and O–H groups in total. The predicted octanol–water partition coefficient (Wildman–Crippen LogP) is 9.10. The summed E-state index contributed by atoms with van der Waals surface area (Å²) in [5.74, 6) is -3.47. The van der Waals surface area contributed by atoms with Crippen molar-refractivity contribution in [1.29, 1.82) is 0 Å². The number of benzene rings is 4. The lowest BCUT2D eigenvalue weighted by Crippen LogP contribution is -2.00. The van der Waals surface area contributed by atoms with Gasteiger partial charge in [0.1, 0.15) is 5.75 Å². The van der Waals surface area contributed by atoms with Gasteiger partial charge >= 0.3 is 0 Å². The Morgan fingerprint density at radius 2 is 1.26 bits per heavy atom. The van der Waals surface area contributed by atoms with Gasteiger partial charge in [0.15, 0.2) is 23.2 Å². The maximum absolute atomic E-state index is 14.8. The second-order valence-corrected chi connectivity index (χ2v) is 8.41. The van der Waals surface area contributed by atoms with Crippen molar-refractivity contribution in [2.45, 2.75) is 13.3 Å². The zero-order chi connectivity index (χ0) is 27.1. The summed E-state index contributed by atoms with van der Waals surface area (Å²) < 4.78 is 69.3. The minimum atomic E-state index is -1.05. The van der Waals surface area contributed by atoms with Crippen molar-refractivity contribution in [2.75, 3.05) is 13.2 Å². The molecule has 0 aromatic heterocycles. The van der Waals surface area contributed by atoms with Crippen LogP contribution in [0.2, 0.25) is 0 Å². The Morgan fingerprint density at radius 3 is 1.89 bits per heavy atom. The number of hydrogen-bond acceptors (Lipinski definition) is 2. The molecule has 0 aliphatic heterocycles. The molecule has 38 heavy (non-hydrogen) atoms. The molecule has 0 saturated heterocycles. The molecule has 194 valence electrons. The topological polar surface area (TPSA) is 18.5 Å². The lowest BCUT2D eigenvalue weighted by Gasteiger charge is -2.10. The molecule has 0 saturated carbocycles. The van der Waals surface area contributed by atoms with Gasteiger partial charge in [0.05, 0.1) is 13.2 Å². The summed E-state index contributed by atoms with van der Waals surface area (Å²) in [4.78, 5) is 0. The summed E-state index contributed by atoms with van der Waals surface area (Å²) in [6.07, 6.45) is 5.22. The number of hydrogen-bond donors (Lipinski definition) is 0. The van der Waals surface area contributed by atoms with Gasteiger partial charge < -0.3 is 9.47 Å². The van der Waals surface area contributed by atoms with Crippen molar-refractivity contribution >= 4 is 12.2 Å². The van der Waals surface area contributed by atoms with Crippen molar-refractivity contribution in [3.8, 4) is 33.8 Å². The Labute approximate surface area is 219 Å². The van der Waals surface area contributed by atoms with E-state index in [9.17, 15) is 17.6 Å². The maximum atomic E-state index is 14.8. The largest absolute Gasteiger partial charge is 0.494 e. The second-order valence-electron chi connectivity index (χ2n) is 8.41. The molecule has 6 heteroatoms. The molecule has 0 spiro atoms. The fourth-order valence-electron chi connectivity index (χ4n) is 3.89. The van der Waals surface area contributed by atoms with Gasteiger partial charge in [-0.2, -0.15) is 4.39 Å². The highest BCUT2D eigenvalue weighted by Gasteiger charge is 2.16. The van der Waals surface area contributed by atoms with E-state index in [1.807, 2.05) is 6.92 Å². The summed E-state index contributed by atoms with van der Waals surface area (Å²) in [5, 5.41) is 0. The van der Waals surface area contributed by atoms with Gasteiger partial charge in [-0.1, -0.05) is 66.8 Å². The monoisotopic (exact) mass is 518 g/mol. The molecule has 0 amide bonds. The highest BCUT2D eigenvalue weighted by atomic mass is 19.2. The Morgan fingerprint density at radius 1 is 0.658 bits per heavy atom. The highest BCUT2D eigenvalue weighted by Crippen LogP contribution is 2.31. The molecule has 4 aromatic carbocycles. The first-order valence-electron chi connectivity index (χ1n) is 12.1. The Balaban J connectivity index is 1.50. The molecule has 4 rings (SSSR count). The van der Waals surface area contributed by atoms with E-state index in [0.717, 1.165) is 0 Å². The normalized spacial score (nSPS) is 11.1. The third kappa shape index (κ3) is 5.97. The van der Waals surface area contributed by atoms with Gasteiger partial charge in [-0.15, -0.1) is 6.58 Å². The SMILES string of the molecule is C=CCCOc1ccc(-c2ccc(/C=C/c3ccc(-c4ccc(OCC)cc4)c(F)c3F)cc2)c(F)c1F. The van der Waals surface area contributed by atoms with E-state index < -0.39 is 23.3 Å². The summed E-state index contributed by atoms with van der Waals surface area (Å²) in [6.45, 7) is 6.15. The molecule has 0 radical (unpaired) electrons. The highest BCUT2D eigenvalue weighted by molar-refractivity contribution is 5.74. The van der Waals surface area contributed by atoms with Crippen LogP contribution in [0.25, 0.3) is 34.4 Å². The molecule has 0 atom stereocenters. The molecular formula is C32H26F4O2. The van der Waals surface area contributed by atoms with Crippen LogP contribution in [0, 0.1) is 23.3 Å². The summed E-state index contributed by atoms with van der Waals surface area (Å²) in [7, 11) is 0. The standard InChI is InChI=1S/C32H26F4O2/c1-3-5-20-38-28-19-18-27(31(35)32(28)36)22-9-6-21(7-10-22)8-11-24-14-17-26(30(34)29(24)33)23-12-15-25(16-13-23)37-4-2/h3,6-19H,1,4-5,20H2,2H3/b11-8+. The van der Waals surface area contributed by atoms with Crippen LogP contribution in [0.3, 0.4) is 0 Å². The van der Waals surface area contributed by atoms with Gasteiger partial charge in [-0.25, -0.2) is 13.2 Å². The third-order valence-electron chi connectivity index (χ3n) is 5.89. The van der Waals surface area contributed by atoms with Gasteiger partial charge in [-0.3, -0.25) is 0 Å². The first kappa shape index (κ1) is 26.7. The quantitative estimate of drug-likeness (QED) is 0.0902. The molecule has 4 aromatic rings. The van der Waals surface area contributed by atoms with E-state index in [1.165, 1.54) is 30.3 Å². The summed E-state index contributed by atoms with van der Waals surface area (Å²) >= 11 is 0. The van der Waals surface area contributed by atoms with Crippen LogP contribution in [0.5, 0.6) is 11.5 Å². The average Bonchev–Trinajstić information content (AvgIpc) is 2.93. The average molecular weight is 519 g/mol. The predicted molar refractivity (Wildman–Crippen MR) is 144 cm³/mol. The first-order chi connectivity index (χ1) is 18.4. The summed E-state index contributed by atoms with van der Waals surface area (Å²) in [6, 6.07) is 19.3. The van der Waals surface area contributed by atoms with Gasteiger partial charge in [0, 0.05) is 16.7 Å². The molecule has 0 aliphatic carbocycles. The summed E-state index contributed by atoms with van der Waals surface area (Å²) in [5.41, 5.74) is 2.01. The molecule has 2 nitrogen and oxygen atoms in total. The van der Waals surface area contributed by atoms with Gasteiger partial charge in [0.25, 0.3) is 0 Å². The minimum Gasteiger partial charge on any atom is -0.494 e. The van der Waals surface area contributed by atoms with Crippen LogP contribution in [0.1, 0.15) is 24.5 Å². The lowest BCUT2D eigenvalue weighted by molar-refractivity contribution is 0.302. The van der Waals surface area contributed by atoms with Crippen LogP contribution < -0.4 is 9.47 Å². The zero-order valence-electron chi connectivity index (χ0n) is 20.8. The fourth-order valence-corrected chi connectivity index (χ4v) is 3.89. The fraction of sp³-hybridized carbons (Fsp3) is 0.125. The maximum Gasteiger partial charge on any atom is 0.201 e. The molecule has 0 aliphatic rings. The molecular weight excluding hydrogens is 492 g/mol. The van der Waals surface area contributed by atoms with E-state index in [0.29, 0.717) is 35.5 Å². The van der Waals surface area contributed by atoms with E-state index >= 15 is 0 Å². The van der Waals surface area contributed by atoms with E-state index in [4.69, 9.17) is 9.47 Å². The Kier molecular flexibility index (Phi) is 8.64. The Bertz CT molecular complexity index is 1440. The van der Waals surface area contributed by atoms with Crippen molar-refractivity contribution < 1.29 is 27.0 Å². The number of rotatable bonds is 10. The van der Waals surface area contributed by atoms with Crippen molar-refractivity contribution in [3.63, 3.8) is 0 Å². The first-order valence-corrected chi connectivity index (χ1v) is 12.1. The molecule has 0 bridgehead atoms.